The Hall–Kier alpha value is -1.33. The van der Waals surface area contributed by atoms with E-state index in [2.05, 4.69) is 15.6 Å². The van der Waals surface area contributed by atoms with Crippen LogP contribution in [0.3, 0.4) is 0 Å². The van der Waals surface area contributed by atoms with Crippen LogP contribution in [0.15, 0.2) is 36.5 Å². The van der Waals surface area contributed by atoms with Crippen LogP contribution < -0.4 is 10.6 Å². The molecule has 4 nitrogen and oxygen atoms in total. The molecule has 0 spiro atoms. The van der Waals surface area contributed by atoms with Crippen LogP contribution >= 0.6 is 34.8 Å². The summed E-state index contributed by atoms with van der Waals surface area (Å²) >= 11 is 17.9. The van der Waals surface area contributed by atoms with Gasteiger partial charge in [0, 0.05) is 22.3 Å². The van der Waals surface area contributed by atoms with Gasteiger partial charge in [-0.1, -0.05) is 40.9 Å². The number of aromatic nitrogens is 1. The van der Waals surface area contributed by atoms with E-state index in [0.717, 1.165) is 5.56 Å². The van der Waals surface area contributed by atoms with Crippen LogP contribution in [0.2, 0.25) is 15.2 Å². The predicted molar refractivity (Wildman–Crippen MR) is 90.8 cm³/mol. The van der Waals surface area contributed by atoms with Crippen LogP contribution in [0.25, 0.3) is 0 Å². The Morgan fingerprint density at radius 2 is 2.05 bits per heavy atom. The van der Waals surface area contributed by atoms with Gasteiger partial charge in [-0.15, -0.1) is 0 Å². The van der Waals surface area contributed by atoms with Gasteiger partial charge in [-0.05, 0) is 36.8 Å². The molecule has 0 aliphatic carbocycles. The Kier molecular flexibility index (Phi) is 6.03. The van der Waals surface area contributed by atoms with Crippen LogP contribution in [0.1, 0.15) is 18.5 Å². The molecule has 1 atom stereocenters. The monoisotopic (exact) mass is 357 g/mol. The molecule has 0 fully saturated rings. The molecule has 2 rings (SSSR count). The average Bonchev–Trinajstić information content (AvgIpc) is 2.47. The van der Waals surface area contributed by atoms with E-state index in [1.54, 1.807) is 30.5 Å². The lowest BCUT2D eigenvalue weighted by atomic mass is 10.1. The van der Waals surface area contributed by atoms with Gasteiger partial charge in [-0.2, -0.15) is 0 Å². The number of rotatable bonds is 5. The van der Waals surface area contributed by atoms with Crippen molar-refractivity contribution in [2.75, 3.05) is 11.9 Å². The molecule has 0 saturated heterocycles. The van der Waals surface area contributed by atoms with Crippen molar-refractivity contribution in [1.82, 2.24) is 10.3 Å². The summed E-state index contributed by atoms with van der Waals surface area (Å²) in [4.78, 5) is 15.8. The van der Waals surface area contributed by atoms with E-state index in [4.69, 9.17) is 34.8 Å². The van der Waals surface area contributed by atoms with E-state index >= 15 is 0 Å². The number of nitrogens with one attached hydrogen (secondary N) is 2. The molecular formula is C15H14Cl3N3O. The first-order valence-electron chi connectivity index (χ1n) is 6.56. The van der Waals surface area contributed by atoms with Gasteiger partial charge in [0.25, 0.3) is 0 Å². The van der Waals surface area contributed by atoms with E-state index < -0.39 is 0 Å². The van der Waals surface area contributed by atoms with Gasteiger partial charge in [0.15, 0.2) is 5.15 Å². The molecule has 2 aromatic rings. The first-order valence-corrected chi connectivity index (χ1v) is 7.69. The highest BCUT2D eigenvalue weighted by atomic mass is 35.5. The average molecular weight is 359 g/mol. The van der Waals surface area contributed by atoms with Gasteiger partial charge < -0.3 is 10.6 Å². The van der Waals surface area contributed by atoms with Crippen LogP contribution in [-0.4, -0.2) is 17.4 Å². The van der Waals surface area contributed by atoms with Gasteiger partial charge in [-0.3, -0.25) is 4.79 Å². The van der Waals surface area contributed by atoms with E-state index in [1.807, 2.05) is 13.0 Å². The predicted octanol–water partition coefficient (Wildman–Crippen LogP) is 4.33. The van der Waals surface area contributed by atoms with Crippen molar-refractivity contribution >= 4 is 46.4 Å². The van der Waals surface area contributed by atoms with Crippen molar-refractivity contribution in [3.63, 3.8) is 0 Å². The molecule has 1 aromatic carbocycles. The maximum atomic E-state index is 11.9. The van der Waals surface area contributed by atoms with E-state index in [-0.39, 0.29) is 23.6 Å². The van der Waals surface area contributed by atoms with Crippen LogP contribution in [0, 0.1) is 0 Å². The highest BCUT2D eigenvalue weighted by molar-refractivity contribution is 6.35. The minimum atomic E-state index is -0.216. The SMILES string of the molecule is C[C@H](NCC(=O)Nc1cccnc1Cl)c1ccc(Cl)cc1Cl. The Bertz CT molecular complexity index is 679. The van der Waals surface area contributed by atoms with E-state index in [0.29, 0.717) is 15.7 Å². The lowest BCUT2D eigenvalue weighted by Gasteiger charge is -2.16. The van der Waals surface area contributed by atoms with Gasteiger partial charge in [0.1, 0.15) is 0 Å². The lowest BCUT2D eigenvalue weighted by Crippen LogP contribution is -2.30. The second kappa shape index (κ2) is 7.79. The van der Waals surface area contributed by atoms with Crippen molar-refractivity contribution in [2.24, 2.45) is 0 Å². The quantitative estimate of drug-likeness (QED) is 0.782. The molecular weight excluding hydrogens is 345 g/mol. The summed E-state index contributed by atoms with van der Waals surface area (Å²) in [7, 11) is 0. The molecule has 0 bridgehead atoms. The molecule has 7 heteroatoms. The molecule has 0 aliphatic rings. The largest absolute Gasteiger partial charge is 0.322 e. The Balaban J connectivity index is 1.92. The summed E-state index contributed by atoms with van der Waals surface area (Å²) in [6, 6.07) is 8.55. The molecule has 116 valence electrons. The van der Waals surface area contributed by atoms with Gasteiger partial charge in [0.2, 0.25) is 5.91 Å². The summed E-state index contributed by atoms with van der Waals surface area (Å²) in [5.74, 6) is -0.216. The third-order valence-electron chi connectivity index (χ3n) is 3.03. The zero-order valence-corrected chi connectivity index (χ0v) is 14.0. The second-order valence-corrected chi connectivity index (χ2v) is 5.86. The lowest BCUT2D eigenvalue weighted by molar-refractivity contribution is -0.115. The Morgan fingerprint density at radius 1 is 1.27 bits per heavy atom. The number of amides is 1. The van der Waals surface area contributed by atoms with Crippen molar-refractivity contribution in [3.05, 3.63) is 57.3 Å². The minimum Gasteiger partial charge on any atom is -0.322 e. The molecule has 0 unspecified atom stereocenters. The van der Waals surface area contributed by atoms with Crippen LogP contribution in [0.5, 0.6) is 0 Å². The minimum absolute atomic E-state index is 0.0973. The third-order valence-corrected chi connectivity index (χ3v) is 3.89. The molecule has 1 aromatic heterocycles. The maximum Gasteiger partial charge on any atom is 0.238 e. The Labute approximate surface area is 143 Å². The fourth-order valence-electron chi connectivity index (χ4n) is 1.88. The molecule has 22 heavy (non-hydrogen) atoms. The molecule has 1 heterocycles. The van der Waals surface area contributed by atoms with Crippen molar-refractivity contribution < 1.29 is 4.79 Å². The van der Waals surface area contributed by atoms with E-state index in [1.165, 1.54) is 0 Å². The second-order valence-electron chi connectivity index (χ2n) is 4.66. The molecule has 0 radical (unpaired) electrons. The molecule has 0 saturated carbocycles. The number of hydrogen-bond donors (Lipinski definition) is 2. The number of anilines is 1. The first kappa shape index (κ1) is 17.0. The summed E-state index contributed by atoms with van der Waals surface area (Å²) in [5.41, 5.74) is 1.35. The van der Waals surface area contributed by atoms with Crippen molar-refractivity contribution in [3.8, 4) is 0 Å². The Morgan fingerprint density at radius 3 is 2.73 bits per heavy atom. The number of hydrogen-bond acceptors (Lipinski definition) is 3. The molecule has 0 aliphatic heterocycles. The number of pyridine rings is 1. The van der Waals surface area contributed by atoms with Crippen LogP contribution in [0.4, 0.5) is 5.69 Å². The molecule has 2 N–H and O–H groups in total. The topological polar surface area (TPSA) is 54.0 Å². The normalized spacial score (nSPS) is 12.0. The van der Waals surface area contributed by atoms with Crippen molar-refractivity contribution in [2.45, 2.75) is 13.0 Å². The summed E-state index contributed by atoms with van der Waals surface area (Å²) < 4.78 is 0. The smallest absolute Gasteiger partial charge is 0.238 e. The number of benzene rings is 1. The zero-order chi connectivity index (χ0) is 16.1. The first-order chi connectivity index (χ1) is 10.5. The number of halogens is 3. The summed E-state index contributed by atoms with van der Waals surface area (Å²) in [6.07, 6.45) is 1.56. The van der Waals surface area contributed by atoms with Crippen molar-refractivity contribution in [1.29, 1.82) is 0 Å². The van der Waals surface area contributed by atoms with Crippen LogP contribution in [-0.2, 0) is 4.79 Å². The van der Waals surface area contributed by atoms with Gasteiger partial charge in [-0.25, -0.2) is 4.98 Å². The zero-order valence-electron chi connectivity index (χ0n) is 11.7. The fourth-order valence-corrected chi connectivity index (χ4v) is 2.62. The third kappa shape index (κ3) is 4.58. The number of carbonyl (C=O) groups is 1. The number of nitrogens with zero attached hydrogens (tertiary/aromatic N) is 1. The summed E-state index contributed by atoms with van der Waals surface area (Å²) in [6.45, 7) is 2.03. The fraction of sp³-hybridized carbons (Fsp3) is 0.200. The highest BCUT2D eigenvalue weighted by Gasteiger charge is 2.12. The summed E-state index contributed by atoms with van der Waals surface area (Å²) in [5, 5.41) is 7.17. The van der Waals surface area contributed by atoms with E-state index in [9.17, 15) is 4.79 Å². The highest BCUT2D eigenvalue weighted by Crippen LogP contribution is 2.26. The maximum absolute atomic E-state index is 11.9. The standard InChI is InChI=1S/C15H14Cl3N3O/c1-9(11-5-4-10(16)7-12(11)17)20-8-14(22)21-13-3-2-6-19-15(13)18/h2-7,9,20H,8H2,1H3,(H,21,22)/t9-/m0/s1. The van der Waals surface area contributed by atoms with Gasteiger partial charge >= 0.3 is 0 Å². The molecule has 1 amide bonds. The number of carbonyl (C=O) groups excluding carboxylic acids is 1. The van der Waals surface area contributed by atoms with Gasteiger partial charge in [0.05, 0.1) is 12.2 Å².